The molecule has 1 atom stereocenters. The van der Waals surface area contributed by atoms with Gasteiger partial charge in [0.2, 0.25) is 0 Å². The SMILES string of the molecule is CN(C)C(=O)c1ccc([N+](=O)[O-])c(NCC2CCNC2)c1. The van der Waals surface area contributed by atoms with Crippen molar-refractivity contribution in [2.24, 2.45) is 5.92 Å². The first-order chi connectivity index (χ1) is 9.99. The van der Waals surface area contributed by atoms with Crippen molar-refractivity contribution in [1.82, 2.24) is 10.2 Å². The van der Waals surface area contributed by atoms with Crippen LogP contribution in [0.1, 0.15) is 16.8 Å². The van der Waals surface area contributed by atoms with Crippen LogP contribution in [0.15, 0.2) is 18.2 Å². The molecule has 0 radical (unpaired) electrons. The van der Waals surface area contributed by atoms with E-state index < -0.39 is 4.92 Å². The van der Waals surface area contributed by atoms with Crippen molar-refractivity contribution in [3.05, 3.63) is 33.9 Å². The number of hydrogen-bond donors (Lipinski definition) is 2. The summed E-state index contributed by atoms with van der Waals surface area (Å²) in [5.41, 5.74) is 0.841. The second kappa shape index (κ2) is 6.53. The molecule has 1 aliphatic heterocycles. The molecular weight excluding hydrogens is 272 g/mol. The van der Waals surface area contributed by atoms with Crippen LogP contribution < -0.4 is 10.6 Å². The molecule has 1 unspecified atom stereocenters. The lowest BCUT2D eigenvalue weighted by Crippen LogP contribution is -2.22. The van der Waals surface area contributed by atoms with Gasteiger partial charge in [0.25, 0.3) is 11.6 Å². The molecule has 7 heteroatoms. The van der Waals surface area contributed by atoms with Crippen molar-refractivity contribution in [2.75, 3.05) is 39.0 Å². The zero-order valence-electron chi connectivity index (χ0n) is 12.3. The van der Waals surface area contributed by atoms with Crippen molar-refractivity contribution in [2.45, 2.75) is 6.42 Å². The van der Waals surface area contributed by atoms with Gasteiger partial charge in [-0.25, -0.2) is 0 Å². The van der Waals surface area contributed by atoms with Crippen LogP contribution in [0.25, 0.3) is 0 Å². The first-order valence-corrected chi connectivity index (χ1v) is 6.93. The smallest absolute Gasteiger partial charge is 0.292 e. The van der Waals surface area contributed by atoms with E-state index in [4.69, 9.17) is 0 Å². The van der Waals surface area contributed by atoms with Crippen LogP contribution in [0.3, 0.4) is 0 Å². The van der Waals surface area contributed by atoms with Crippen LogP contribution in [0.2, 0.25) is 0 Å². The van der Waals surface area contributed by atoms with E-state index in [0.717, 1.165) is 19.5 Å². The lowest BCUT2D eigenvalue weighted by atomic mass is 10.1. The summed E-state index contributed by atoms with van der Waals surface area (Å²) in [6, 6.07) is 4.43. The highest BCUT2D eigenvalue weighted by Crippen LogP contribution is 2.26. The van der Waals surface area contributed by atoms with Crippen molar-refractivity contribution in [1.29, 1.82) is 0 Å². The van der Waals surface area contributed by atoms with E-state index in [1.165, 1.54) is 17.0 Å². The molecule has 1 amide bonds. The van der Waals surface area contributed by atoms with Crippen molar-refractivity contribution >= 4 is 17.3 Å². The molecule has 0 bridgehead atoms. The average Bonchev–Trinajstić information content (AvgIpc) is 2.97. The molecule has 0 aromatic heterocycles. The van der Waals surface area contributed by atoms with E-state index in [9.17, 15) is 14.9 Å². The predicted molar refractivity (Wildman–Crippen MR) is 80.6 cm³/mol. The second-order valence-electron chi connectivity index (χ2n) is 5.43. The Morgan fingerprint density at radius 2 is 2.29 bits per heavy atom. The van der Waals surface area contributed by atoms with Crippen molar-refractivity contribution in [3.8, 4) is 0 Å². The maximum atomic E-state index is 12.0. The van der Waals surface area contributed by atoms with Gasteiger partial charge in [0.05, 0.1) is 4.92 Å². The molecule has 1 fully saturated rings. The van der Waals surface area contributed by atoms with E-state index in [1.54, 1.807) is 20.2 Å². The monoisotopic (exact) mass is 292 g/mol. The molecular formula is C14H20N4O3. The average molecular weight is 292 g/mol. The van der Waals surface area contributed by atoms with Crippen LogP contribution in [-0.2, 0) is 0 Å². The topological polar surface area (TPSA) is 87.5 Å². The Morgan fingerprint density at radius 3 is 2.86 bits per heavy atom. The van der Waals surface area contributed by atoms with Crippen LogP contribution in [0, 0.1) is 16.0 Å². The highest BCUT2D eigenvalue weighted by molar-refractivity contribution is 5.95. The van der Waals surface area contributed by atoms with Crippen LogP contribution in [0.4, 0.5) is 11.4 Å². The minimum atomic E-state index is -0.431. The van der Waals surface area contributed by atoms with E-state index >= 15 is 0 Å². The Bertz CT molecular complexity index is 539. The van der Waals surface area contributed by atoms with Gasteiger partial charge in [-0.15, -0.1) is 0 Å². The summed E-state index contributed by atoms with van der Waals surface area (Å²) >= 11 is 0. The number of carbonyl (C=O) groups is 1. The number of benzene rings is 1. The van der Waals surface area contributed by atoms with E-state index in [0.29, 0.717) is 23.7 Å². The van der Waals surface area contributed by atoms with Crippen LogP contribution >= 0.6 is 0 Å². The third-order valence-electron chi connectivity index (χ3n) is 3.59. The molecule has 0 aliphatic carbocycles. The van der Waals surface area contributed by atoms with Gasteiger partial charge in [-0.3, -0.25) is 14.9 Å². The Hall–Kier alpha value is -2.15. The number of nitrogens with one attached hydrogen (secondary N) is 2. The molecule has 114 valence electrons. The van der Waals surface area contributed by atoms with Gasteiger partial charge >= 0.3 is 0 Å². The van der Waals surface area contributed by atoms with Gasteiger partial charge in [0.15, 0.2) is 0 Å². The Kier molecular flexibility index (Phi) is 4.74. The fraction of sp³-hybridized carbons (Fsp3) is 0.500. The zero-order valence-corrected chi connectivity index (χ0v) is 12.3. The molecule has 1 aromatic carbocycles. The van der Waals surface area contributed by atoms with Gasteiger partial charge in [0.1, 0.15) is 5.69 Å². The second-order valence-corrected chi connectivity index (χ2v) is 5.43. The minimum absolute atomic E-state index is 0.00346. The summed E-state index contributed by atoms with van der Waals surface area (Å²) in [5, 5.41) is 17.5. The molecule has 21 heavy (non-hydrogen) atoms. The number of nitrogens with zero attached hydrogens (tertiary/aromatic N) is 2. The highest BCUT2D eigenvalue weighted by Gasteiger charge is 2.20. The number of amides is 1. The number of hydrogen-bond acceptors (Lipinski definition) is 5. The molecule has 0 spiro atoms. The maximum absolute atomic E-state index is 12.0. The molecule has 1 aromatic rings. The van der Waals surface area contributed by atoms with E-state index in [2.05, 4.69) is 10.6 Å². The number of nitro benzene ring substituents is 1. The van der Waals surface area contributed by atoms with E-state index in [1.807, 2.05) is 0 Å². The lowest BCUT2D eigenvalue weighted by Gasteiger charge is -2.14. The summed E-state index contributed by atoms with van der Waals surface area (Å²) < 4.78 is 0. The number of nitro groups is 1. The summed E-state index contributed by atoms with van der Waals surface area (Å²) in [4.78, 5) is 24.1. The van der Waals surface area contributed by atoms with E-state index in [-0.39, 0.29) is 11.6 Å². The molecule has 1 saturated heterocycles. The van der Waals surface area contributed by atoms with Gasteiger partial charge in [-0.2, -0.15) is 0 Å². The van der Waals surface area contributed by atoms with Crippen molar-refractivity contribution in [3.63, 3.8) is 0 Å². The highest BCUT2D eigenvalue weighted by atomic mass is 16.6. The van der Waals surface area contributed by atoms with Gasteiger partial charge < -0.3 is 15.5 Å². The predicted octanol–water partition coefficient (Wildman–Crippen LogP) is 1.32. The summed E-state index contributed by atoms with van der Waals surface area (Å²) in [6.45, 7) is 2.55. The van der Waals surface area contributed by atoms with Crippen LogP contribution in [0.5, 0.6) is 0 Å². The Labute approximate surface area is 123 Å². The maximum Gasteiger partial charge on any atom is 0.292 e. The molecule has 7 nitrogen and oxygen atoms in total. The number of rotatable bonds is 5. The van der Waals surface area contributed by atoms with Crippen LogP contribution in [-0.4, -0.2) is 49.5 Å². The quantitative estimate of drug-likeness (QED) is 0.631. The molecule has 2 rings (SSSR count). The largest absolute Gasteiger partial charge is 0.379 e. The van der Waals surface area contributed by atoms with Gasteiger partial charge in [-0.05, 0) is 37.6 Å². The number of anilines is 1. The van der Waals surface area contributed by atoms with Gasteiger partial charge in [-0.1, -0.05) is 0 Å². The normalized spacial score (nSPS) is 17.5. The Morgan fingerprint density at radius 1 is 1.52 bits per heavy atom. The summed E-state index contributed by atoms with van der Waals surface area (Å²) in [7, 11) is 3.31. The molecule has 2 N–H and O–H groups in total. The zero-order chi connectivity index (χ0) is 15.4. The molecule has 1 aliphatic rings. The van der Waals surface area contributed by atoms with Gasteiger partial charge in [0, 0.05) is 32.3 Å². The fourth-order valence-electron chi connectivity index (χ4n) is 2.37. The third-order valence-corrected chi connectivity index (χ3v) is 3.59. The lowest BCUT2D eigenvalue weighted by molar-refractivity contribution is -0.384. The molecule has 0 saturated carbocycles. The van der Waals surface area contributed by atoms with Crippen molar-refractivity contribution < 1.29 is 9.72 Å². The first-order valence-electron chi connectivity index (χ1n) is 6.93. The fourth-order valence-corrected chi connectivity index (χ4v) is 2.37. The first kappa shape index (κ1) is 15.2. The third kappa shape index (κ3) is 3.69. The summed E-state index contributed by atoms with van der Waals surface area (Å²) in [5.74, 6) is 0.285. The molecule has 1 heterocycles. The summed E-state index contributed by atoms with van der Waals surface area (Å²) in [6.07, 6.45) is 1.05. The minimum Gasteiger partial charge on any atom is -0.379 e. The Balaban J connectivity index is 2.19. The standard InChI is InChI=1S/C14H20N4O3/c1-17(2)14(19)11-3-4-13(18(20)21)12(7-11)16-9-10-5-6-15-8-10/h3-4,7,10,15-16H,5-6,8-9H2,1-2H3. The number of carbonyl (C=O) groups excluding carboxylic acids is 1.